The lowest BCUT2D eigenvalue weighted by Gasteiger charge is -2.37. The van der Waals surface area contributed by atoms with E-state index in [1.807, 2.05) is 36.4 Å². The fraction of sp³-hybridized carbons (Fsp3) is 0.306. The highest BCUT2D eigenvalue weighted by atomic mass is 35.6. The smallest absolute Gasteiger partial charge is 0.462 e. The van der Waals surface area contributed by atoms with Gasteiger partial charge in [0.2, 0.25) is 0 Å². The lowest BCUT2D eigenvalue weighted by Crippen LogP contribution is -2.49. The van der Waals surface area contributed by atoms with Crippen LogP contribution in [0.15, 0.2) is 219 Å². The highest BCUT2D eigenvalue weighted by Gasteiger charge is 2.62. The normalized spacial score (nSPS) is 14.8. The summed E-state index contributed by atoms with van der Waals surface area (Å²) in [5, 5.41) is 6.60. The van der Waals surface area contributed by atoms with Gasteiger partial charge in [0, 0.05) is 43.8 Å². The van der Waals surface area contributed by atoms with Gasteiger partial charge in [-0.2, -0.15) is 64.8 Å². The van der Waals surface area contributed by atoms with Crippen molar-refractivity contribution in [1.29, 1.82) is 0 Å². The number of carbonyl (C=O) groups is 8. The number of ketones is 2. The zero-order valence-corrected chi connectivity index (χ0v) is 65.8. The number of aliphatic hydroxyl groups excluding tert-OH is 1. The van der Waals surface area contributed by atoms with Crippen molar-refractivity contribution in [3.05, 3.63) is 247 Å². The van der Waals surface area contributed by atoms with Crippen molar-refractivity contribution in [2.24, 2.45) is 17.8 Å². The van der Waals surface area contributed by atoms with Crippen molar-refractivity contribution < 1.29 is 131 Å². The first-order valence-electron chi connectivity index (χ1n) is 32.0. The number of allylic oxidation sites excluding steroid dienone is 2. The van der Waals surface area contributed by atoms with E-state index in [9.17, 15) is 103 Å². The number of Topliss-reactive ketones (excluding diaryl/α,β-unsaturated/α-hetero) is 2. The number of hydrogen-bond acceptors (Lipinski definition) is 20. The van der Waals surface area contributed by atoms with Crippen molar-refractivity contribution in [3.8, 4) is 0 Å². The lowest BCUT2D eigenvalue weighted by atomic mass is 9.80. The fourth-order valence-electron chi connectivity index (χ4n) is 8.16. The number of sulfonamides is 2. The number of ether oxygens (including phenoxy) is 4. The molecule has 0 aromatic heterocycles. The predicted molar refractivity (Wildman–Crippen MR) is 402 cm³/mol. The molecule has 0 amide bonds. The molecule has 3 aliphatic carbocycles. The van der Waals surface area contributed by atoms with Crippen LogP contribution in [0.25, 0.3) is 0 Å². The Bertz CT molecular complexity index is 4360. The molecule has 1 N–H and O–H groups in total. The number of para-hydroxylation sites is 1. The second-order valence-electron chi connectivity index (χ2n) is 22.4. The van der Waals surface area contributed by atoms with Gasteiger partial charge in [-0.05, 0) is 134 Å². The highest BCUT2D eigenvalue weighted by molar-refractivity contribution is 8.11. The van der Waals surface area contributed by atoms with E-state index in [1.54, 1.807) is 127 Å². The lowest BCUT2D eigenvalue weighted by molar-refractivity contribution is -0.128. The van der Waals surface area contributed by atoms with Crippen LogP contribution in [0.4, 0.5) is 45.2 Å². The van der Waals surface area contributed by atoms with E-state index in [2.05, 4.69) is 17.3 Å². The summed E-state index contributed by atoms with van der Waals surface area (Å²) in [6, 6.07) is 47.5. The molecule has 112 heavy (non-hydrogen) atoms. The average Bonchev–Trinajstić information content (AvgIpc) is 0.739. The molecule has 40 heteroatoms. The number of nitrogens with zero attached hydrogens (tertiary/aromatic N) is 1. The maximum absolute atomic E-state index is 12.4. The van der Waals surface area contributed by atoms with E-state index < -0.39 is 80.7 Å². The SMILES string of the molecule is C=CCCO.C=CCCOC(=O)c1ccccc1.O=C(Cl)C(Cl)(Cl)Cl.O=C(Cl)c1ccccc1.O=C(OCCC1C=C(OS(=O)(=O)C(F)(F)F)C1)c1ccccc1.O=C(OCCC1CC(=O)C1(Cl)Cl)c1ccccc1.O=C1CC(CCOC(=O)c2ccccc2)C1.O=S(=O)(N(c1ccccc1)S(=O)(=O)C(F)(F)F)C(F)(F)F. The molecule has 21 nitrogen and oxygen atoms in total. The molecule has 9 rings (SSSR count). The van der Waals surface area contributed by atoms with Crippen LogP contribution in [0, 0.1) is 17.8 Å². The van der Waals surface area contributed by atoms with Crippen LogP contribution in [0.3, 0.4) is 0 Å². The summed E-state index contributed by atoms with van der Waals surface area (Å²) in [6.45, 7) is 8.26. The fourth-order valence-corrected chi connectivity index (χ4v) is 12.0. The molecule has 0 heterocycles. The number of carbonyl (C=O) groups excluding carboxylic acids is 8. The average molecular weight is 1780 g/mol. The molecule has 2 unspecified atom stereocenters. The Morgan fingerprint density at radius 1 is 0.482 bits per heavy atom. The number of esters is 4. The number of hydrogen-bond donors (Lipinski definition) is 1. The Morgan fingerprint density at radius 2 is 0.804 bits per heavy atom. The van der Waals surface area contributed by atoms with E-state index in [4.69, 9.17) is 105 Å². The largest absolute Gasteiger partial charge is 0.534 e. The van der Waals surface area contributed by atoms with E-state index in [1.165, 1.54) is 6.08 Å². The van der Waals surface area contributed by atoms with Crippen molar-refractivity contribution in [3.63, 3.8) is 0 Å². The molecule has 0 bridgehead atoms. The van der Waals surface area contributed by atoms with E-state index in [0.29, 0.717) is 110 Å². The van der Waals surface area contributed by atoms with Gasteiger partial charge in [-0.25, -0.2) is 19.2 Å². The third-order valence-corrected chi connectivity index (χ3v) is 21.0. The molecule has 2 fully saturated rings. The van der Waals surface area contributed by atoms with Gasteiger partial charge in [-0.1, -0.05) is 191 Å². The number of rotatable bonds is 24. The van der Waals surface area contributed by atoms with Gasteiger partial charge < -0.3 is 28.2 Å². The maximum Gasteiger partial charge on any atom is 0.534 e. The Labute approximate surface area is 673 Å². The van der Waals surface area contributed by atoms with Crippen LogP contribution in [0.2, 0.25) is 0 Å². The summed E-state index contributed by atoms with van der Waals surface area (Å²) in [5.74, 6) is -1.41. The summed E-state index contributed by atoms with van der Waals surface area (Å²) in [4.78, 5) is 88.1. The van der Waals surface area contributed by atoms with Crippen LogP contribution >= 0.6 is 81.2 Å². The monoisotopic (exact) mass is 1780 g/mol. The summed E-state index contributed by atoms with van der Waals surface area (Å²) >= 11 is 36.3. The third-order valence-electron chi connectivity index (χ3n) is 14.1. The number of anilines is 1. The number of alkyl halides is 14. The van der Waals surface area contributed by atoms with Crippen LogP contribution in [0.5, 0.6) is 0 Å². The van der Waals surface area contributed by atoms with Crippen LogP contribution in [-0.4, -0.2) is 134 Å². The molecule has 3 aliphatic rings. The first-order chi connectivity index (χ1) is 52.2. The Kier molecular flexibility index (Phi) is 43.0. The topological polar surface area (TPSA) is 309 Å². The number of halogens is 16. The van der Waals surface area contributed by atoms with Gasteiger partial charge in [0.1, 0.15) is 11.5 Å². The summed E-state index contributed by atoms with van der Waals surface area (Å²) in [5.41, 5.74) is -16.6. The summed E-state index contributed by atoms with van der Waals surface area (Å²) < 4.78 is 196. The zero-order valence-electron chi connectivity index (χ0n) is 58.0. The van der Waals surface area contributed by atoms with E-state index in [-0.39, 0.29) is 67.5 Å². The molecule has 0 spiro atoms. The van der Waals surface area contributed by atoms with Crippen molar-refractivity contribution in [1.82, 2.24) is 0 Å². The van der Waals surface area contributed by atoms with E-state index in [0.717, 1.165) is 24.6 Å². The number of benzene rings is 6. The molecule has 2 atom stereocenters. The van der Waals surface area contributed by atoms with Crippen molar-refractivity contribution >= 4 is 163 Å². The molecule has 2 saturated carbocycles. The first kappa shape index (κ1) is 100.0. The van der Waals surface area contributed by atoms with E-state index >= 15 is 0 Å². The minimum atomic E-state index is -6.81. The van der Waals surface area contributed by atoms with Gasteiger partial charge in [0.25, 0.3) is 14.3 Å². The maximum atomic E-state index is 12.4. The molecular formula is C72H69Cl7F9NO20S3. The van der Waals surface area contributed by atoms with Crippen molar-refractivity contribution in [2.45, 2.75) is 82.4 Å². The molecule has 6 aromatic rings. The third kappa shape index (κ3) is 35.5. The van der Waals surface area contributed by atoms with Gasteiger partial charge >= 0.3 is 70.6 Å². The minimum Gasteiger partial charge on any atom is -0.462 e. The van der Waals surface area contributed by atoms with Gasteiger partial charge in [-0.3, -0.25) is 19.2 Å². The minimum absolute atomic E-state index is 0.0538. The van der Waals surface area contributed by atoms with Crippen LogP contribution in [-0.2, 0) is 67.7 Å². The second kappa shape index (κ2) is 48.2. The van der Waals surface area contributed by atoms with Crippen molar-refractivity contribution in [2.75, 3.05) is 36.7 Å². The number of aliphatic hydroxyl groups is 1. The summed E-state index contributed by atoms with van der Waals surface area (Å²) in [6.07, 6.45) is 9.47. The zero-order chi connectivity index (χ0) is 84.7. The van der Waals surface area contributed by atoms with Gasteiger partial charge in [0.05, 0.1) is 54.4 Å². The first-order valence-corrected chi connectivity index (χ1v) is 39.0. The Morgan fingerprint density at radius 3 is 1.07 bits per heavy atom. The Hall–Kier alpha value is -8.09. The second-order valence-corrected chi connectivity index (χ2v) is 32.1. The van der Waals surface area contributed by atoms with Gasteiger partial charge in [0.15, 0.2) is 10.1 Å². The summed E-state index contributed by atoms with van der Waals surface area (Å²) in [7, 11) is -19.2. The Balaban J connectivity index is 0.000000449. The standard InChI is InChI=1S/C14H13F3O5S.C13H12Cl2O3.C13H14O3.C11H12O2.C8H5F6NO4S2.C7H5ClO.C4H8O.C2Cl4O/c15-14(16,17)23(19,20)22-12-8-10(9-12)6-7-21-13(18)11-4-2-1-3-5-11;14-13(15)10(8-11(13)16)6-7-18-12(17)9-4-2-1-3-5-9;14-12-8-10(9-12)6-7-16-13(15)11-4-2-1-3-5-11;1-2-3-9-13-11(12)10-7-5-4-6-8-10;9-7(10,11)20(16,17)15(6-4-2-1-3-5-6)21(18,19)8(12,13)14;8-7(9)6-4-2-1-3-5-6;1-2-3-4-5;3-1(7)2(4,5)6/h1-5,8,10H,6-7,9H2;1-5,10H,6-8H2;1-5,10H,6-9H2;2,4-8H,1,3,9H2;1-5H;1-5H;2,5H,1,3-4H2;. The molecule has 0 saturated heterocycles. The molecule has 0 radical (unpaired) electrons. The predicted octanol–water partition coefficient (Wildman–Crippen LogP) is 17.6. The molecule has 6 aromatic carbocycles. The molecule has 0 aliphatic heterocycles. The highest BCUT2D eigenvalue weighted by Crippen LogP contribution is 2.46. The molecular weight excluding hydrogens is 1710 g/mol. The quantitative estimate of drug-likeness (QED) is 0.00677. The van der Waals surface area contributed by atoms with Crippen LogP contribution in [0.1, 0.15) is 110 Å². The van der Waals surface area contributed by atoms with Crippen LogP contribution < -0.4 is 3.71 Å². The van der Waals surface area contributed by atoms with Gasteiger partial charge in [-0.15, -0.1) is 16.9 Å². The molecule has 612 valence electrons.